The summed E-state index contributed by atoms with van der Waals surface area (Å²) in [5.74, 6) is -0.418. The number of benzene rings is 1. The number of amides is 1. The third-order valence-corrected chi connectivity index (χ3v) is 3.24. The zero-order chi connectivity index (χ0) is 15.1. The quantitative estimate of drug-likeness (QED) is 0.749. The van der Waals surface area contributed by atoms with Gasteiger partial charge in [-0.05, 0) is 31.4 Å². The van der Waals surface area contributed by atoms with Crippen LogP contribution in [0.1, 0.15) is 30.0 Å². The van der Waals surface area contributed by atoms with E-state index in [1.807, 2.05) is 39.0 Å². The molecule has 0 aliphatic carbocycles. The first-order chi connectivity index (χ1) is 9.47. The summed E-state index contributed by atoms with van der Waals surface area (Å²) in [7, 11) is 1.33. The van der Waals surface area contributed by atoms with Crippen molar-refractivity contribution in [1.29, 1.82) is 0 Å². The van der Waals surface area contributed by atoms with Crippen LogP contribution in [0.3, 0.4) is 0 Å². The second-order valence-corrected chi connectivity index (χ2v) is 5.00. The molecule has 0 atom stereocenters. The van der Waals surface area contributed by atoms with Gasteiger partial charge in [-0.1, -0.05) is 30.7 Å². The molecule has 0 radical (unpaired) electrons. The average molecular weight is 277 g/mol. The minimum absolute atomic E-state index is 0.0219. The minimum Gasteiger partial charge on any atom is -0.468 e. The highest BCUT2D eigenvalue weighted by Crippen LogP contribution is 2.12. The molecule has 0 aliphatic rings. The van der Waals surface area contributed by atoms with Crippen molar-refractivity contribution in [1.82, 2.24) is 4.90 Å². The van der Waals surface area contributed by atoms with Crippen LogP contribution in [0.5, 0.6) is 0 Å². The number of rotatable bonds is 6. The molecule has 0 aliphatic heterocycles. The van der Waals surface area contributed by atoms with Gasteiger partial charge in [0, 0.05) is 6.54 Å². The topological polar surface area (TPSA) is 46.6 Å². The van der Waals surface area contributed by atoms with E-state index >= 15 is 0 Å². The van der Waals surface area contributed by atoms with E-state index < -0.39 is 0 Å². The Morgan fingerprint density at radius 3 is 2.55 bits per heavy atom. The molecule has 4 nitrogen and oxygen atoms in total. The molecule has 0 heterocycles. The Balaban J connectivity index is 2.79. The summed E-state index contributed by atoms with van der Waals surface area (Å²) >= 11 is 0. The Morgan fingerprint density at radius 1 is 1.25 bits per heavy atom. The molecule has 0 saturated carbocycles. The summed E-state index contributed by atoms with van der Waals surface area (Å²) in [6, 6.07) is 6.07. The second kappa shape index (κ2) is 7.68. The molecule has 4 heteroatoms. The standard InChI is InChI=1S/C16H23NO3/c1-5-8-17(11-16(19)20-4)15(18)10-14-9-12(2)6-7-13(14)3/h6-7,9H,5,8,10-11H2,1-4H3. The number of hydrogen-bond acceptors (Lipinski definition) is 3. The van der Waals surface area contributed by atoms with E-state index in [9.17, 15) is 9.59 Å². The summed E-state index contributed by atoms with van der Waals surface area (Å²) in [5.41, 5.74) is 3.24. The Labute approximate surface area is 120 Å². The number of nitrogens with zero attached hydrogens (tertiary/aromatic N) is 1. The van der Waals surface area contributed by atoms with Gasteiger partial charge in [0.1, 0.15) is 6.54 Å². The van der Waals surface area contributed by atoms with Crippen molar-refractivity contribution in [2.45, 2.75) is 33.6 Å². The average Bonchev–Trinajstić information content (AvgIpc) is 2.42. The predicted molar refractivity (Wildman–Crippen MR) is 78.5 cm³/mol. The maximum atomic E-state index is 12.3. The van der Waals surface area contributed by atoms with Crippen LogP contribution in [0.15, 0.2) is 18.2 Å². The Kier molecular flexibility index (Phi) is 6.22. The third kappa shape index (κ3) is 4.68. The van der Waals surface area contributed by atoms with Gasteiger partial charge in [0.15, 0.2) is 0 Å². The molecule has 0 spiro atoms. The van der Waals surface area contributed by atoms with Crippen molar-refractivity contribution in [3.05, 3.63) is 34.9 Å². The van der Waals surface area contributed by atoms with E-state index in [4.69, 9.17) is 0 Å². The Morgan fingerprint density at radius 2 is 1.95 bits per heavy atom. The third-order valence-electron chi connectivity index (χ3n) is 3.24. The van der Waals surface area contributed by atoms with Gasteiger partial charge in [0.05, 0.1) is 13.5 Å². The van der Waals surface area contributed by atoms with E-state index in [1.165, 1.54) is 7.11 Å². The molecule has 0 bridgehead atoms. The number of hydrogen-bond donors (Lipinski definition) is 0. The van der Waals surface area contributed by atoms with E-state index in [2.05, 4.69) is 4.74 Å². The smallest absolute Gasteiger partial charge is 0.325 e. The number of methoxy groups -OCH3 is 1. The van der Waals surface area contributed by atoms with Gasteiger partial charge < -0.3 is 9.64 Å². The van der Waals surface area contributed by atoms with E-state index in [1.54, 1.807) is 4.90 Å². The van der Waals surface area contributed by atoms with Crippen molar-refractivity contribution in [2.24, 2.45) is 0 Å². The summed E-state index contributed by atoms with van der Waals surface area (Å²) in [6.07, 6.45) is 1.14. The van der Waals surface area contributed by atoms with Gasteiger partial charge in [-0.15, -0.1) is 0 Å². The number of carbonyl (C=O) groups is 2. The lowest BCUT2D eigenvalue weighted by Crippen LogP contribution is -2.37. The van der Waals surface area contributed by atoms with E-state index in [0.29, 0.717) is 13.0 Å². The Hall–Kier alpha value is -1.84. The van der Waals surface area contributed by atoms with Gasteiger partial charge in [-0.3, -0.25) is 9.59 Å². The van der Waals surface area contributed by atoms with Crippen molar-refractivity contribution in [2.75, 3.05) is 20.2 Å². The normalized spacial score (nSPS) is 10.2. The lowest BCUT2D eigenvalue weighted by atomic mass is 10.0. The highest BCUT2D eigenvalue weighted by atomic mass is 16.5. The summed E-state index contributed by atoms with van der Waals surface area (Å²) in [4.78, 5) is 25.3. The molecule has 0 unspecified atom stereocenters. The summed E-state index contributed by atoms with van der Waals surface area (Å²) in [5, 5.41) is 0. The van der Waals surface area contributed by atoms with Crippen LogP contribution in [0, 0.1) is 13.8 Å². The highest BCUT2D eigenvalue weighted by Gasteiger charge is 2.17. The molecule has 1 rings (SSSR count). The van der Waals surface area contributed by atoms with Gasteiger partial charge in [0.2, 0.25) is 5.91 Å². The molecule has 0 N–H and O–H groups in total. The maximum Gasteiger partial charge on any atom is 0.325 e. The largest absolute Gasteiger partial charge is 0.468 e. The zero-order valence-corrected chi connectivity index (χ0v) is 12.7. The molecule has 0 aromatic heterocycles. The number of carbonyl (C=O) groups excluding carboxylic acids is 2. The van der Waals surface area contributed by atoms with E-state index in [-0.39, 0.29) is 18.4 Å². The van der Waals surface area contributed by atoms with Crippen LogP contribution in [0.25, 0.3) is 0 Å². The van der Waals surface area contributed by atoms with E-state index in [0.717, 1.165) is 23.1 Å². The molecule has 110 valence electrons. The van der Waals surface area contributed by atoms with Crippen LogP contribution in [-0.4, -0.2) is 37.0 Å². The van der Waals surface area contributed by atoms with Gasteiger partial charge in [-0.2, -0.15) is 0 Å². The molecular formula is C16H23NO3. The second-order valence-electron chi connectivity index (χ2n) is 5.00. The van der Waals surface area contributed by atoms with Crippen molar-refractivity contribution in [3.63, 3.8) is 0 Å². The van der Waals surface area contributed by atoms with Gasteiger partial charge >= 0.3 is 5.97 Å². The molecule has 1 aromatic carbocycles. The number of aryl methyl sites for hydroxylation is 2. The fourth-order valence-electron chi connectivity index (χ4n) is 2.05. The lowest BCUT2D eigenvalue weighted by molar-refractivity contribution is -0.146. The first kappa shape index (κ1) is 16.2. The van der Waals surface area contributed by atoms with Crippen LogP contribution >= 0.6 is 0 Å². The number of esters is 1. The molecule has 0 fully saturated rings. The van der Waals surface area contributed by atoms with Gasteiger partial charge in [0.25, 0.3) is 0 Å². The molecule has 1 amide bonds. The maximum absolute atomic E-state index is 12.3. The fourth-order valence-corrected chi connectivity index (χ4v) is 2.05. The lowest BCUT2D eigenvalue weighted by Gasteiger charge is -2.21. The zero-order valence-electron chi connectivity index (χ0n) is 12.7. The summed E-state index contributed by atoms with van der Waals surface area (Å²) in [6.45, 7) is 6.57. The van der Waals surface area contributed by atoms with Crippen molar-refractivity contribution < 1.29 is 14.3 Å². The van der Waals surface area contributed by atoms with Crippen LogP contribution < -0.4 is 0 Å². The molecule has 0 saturated heterocycles. The molecule has 20 heavy (non-hydrogen) atoms. The first-order valence-electron chi connectivity index (χ1n) is 6.88. The van der Waals surface area contributed by atoms with Crippen molar-refractivity contribution in [3.8, 4) is 0 Å². The first-order valence-corrected chi connectivity index (χ1v) is 6.88. The monoisotopic (exact) mass is 277 g/mol. The number of ether oxygens (including phenoxy) is 1. The van der Waals surface area contributed by atoms with Crippen LogP contribution in [0.2, 0.25) is 0 Å². The SMILES string of the molecule is CCCN(CC(=O)OC)C(=O)Cc1cc(C)ccc1C. The Bertz CT molecular complexity index is 483. The predicted octanol–water partition coefficient (Wildman–Crippen LogP) is 2.26. The van der Waals surface area contributed by atoms with Crippen molar-refractivity contribution >= 4 is 11.9 Å². The fraction of sp³-hybridized carbons (Fsp3) is 0.500. The van der Waals surface area contributed by atoms with Gasteiger partial charge in [-0.25, -0.2) is 0 Å². The highest BCUT2D eigenvalue weighted by molar-refractivity contribution is 5.83. The molecular weight excluding hydrogens is 254 g/mol. The van der Waals surface area contributed by atoms with Crippen LogP contribution in [0.4, 0.5) is 0 Å². The van der Waals surface area contributed by atoms with Crippen LogP contribution in [-0.2, 0) is 20.7 Å². The molecule has 1 aromatic rings. The summed E-state index contributed by atoms with van der Waals surface area (Å²) < 4.78 is 4.64. The minimum atomic E-state index is -0.382.